The molecular formula is C25H31FN6O4. The number of amides is 2. The van der Waals surface area contributed by atoms with Crippen molar-refractivity contribution in [1.29, 1.82) is 0 Å². The van der Waals surface area contributed by atoms with E-state index in [0.29, 0.717) is 23.7 Å². The van der Waals surface area contributed by atoms with Crippen molar-refractivity contribution in [3.05, 3.63) is 53.5 Å². The van der Waals surface area contributed by atoms with Gasteiger partial charge in [-0.25, -0.2) is 4.39 Å². The number of furan rings is 1. The minimum Gasteiger partial charge on any atom is -0.458 e. The van der Waals surface area contributed by atoms with Crippen molar-refractivity contribution in [3.63, 3.8) is 0 Å². The molecule has 0 radical (unpaired) electrons. The van der Waals surface area contributed by atoms with E-state index in [4.69, 9.17) is 9.15 Å². The Morgan fingerprint density at radius 2 is 1.97 bits per heavy atom. The number of carbonyl (C=O) groups excluding carboxylic acids is 2. The highest BCUT2D eigenvalue weighted by atomic mass is 19.1. The Hall–Kier alpha value is -3.60. The zero-order chi connectivity index (χ0) is 25.9. The standard InChI is InChI=1S/C25H31FN6O4/c1-16-7-12-20(36-16)23-28-30-32(29-23)15-21(33)31(14-19-6-5-13-35-19)22(24(34)27-25(2,3)4)17-8-10-18(26)11-9-17/h7-12,19,22H,5-6,13-15H2,1-4H3,(H,27,34)/t19-,22+/m1/s1. The van der Waals surface area contributed by atoms with E-state index >= 15 is 0 Å². The van der Waals surface area contributed by atoms with Gasteiger partial charge in [-0.15, -0.1) is 10.2 Å². The molecule has 3 aromatic rings. The lowest BCUT2D eigenvalue weighted by atomic mass is 10.0. The molecule has 1 aliphatic rings. The Morgan fingerprint density at radius 3 is 2.58 bits per heavy atom. The Bertz CT molecular complexity index is 1190. The molecule has 1 aromatic carbocycles. The molecule has 0 saturated carbocycles. The quantitative estimate of drug-likeness (QED) is 0.508. The van der Waals surface area contributed by atoms with Crippen molar-refractivity contribution >= 4 is 11.8 Å². The summed E-state index contributed by atoms with van der Waals surface area (Å²) in [4.78, 5) is 29.8. The van der Waals surface area contributed by atoms with Gasteiger partial charge >= 0.3 is 0 Å². The molecule has 0 bridgehead atoms. The number of hydrogen-bond acceptors (Lipinski definition) is 7. The Labute approximate surface area is 208 Å². The van der Waals surface area contributed by atoms with Crippen LogP contribution in [0.3, 0.4) is 0 Å². The molecular weight excluding hydrogens is 467 g/mol. The molecule has 10 nitrogen and oxygen atoms in total. The fourth-order valence-electron chi connectivity index (χ4n) is 4.09. The van der Waals surface area contributed by atoms with Gasteiger partial charge in [-0.3, -0.25) is 9.59 Å². The topological polar surface area (TPSA) is 115 Å². The highest BCUT2D eigenvalue weighted by molar-refractivity contribution is 5.89. The van der Waals surface area contributed by atoms with E-state index in [1.807, 2.05) is 20.8 Å². The van der Waals surface area contributed by atoms with E-state index in [-0.39, 0.29) is 30.9 Å². The monoisotopic (exact) mass is 498 g/mol. The highest BCUT2D eigenvalue weighted by Crippen LogP contribution is 2.26. The summed E-state index contributed by atoms with van der Waals surface area (Å²) in [6.45, 7) is 7.91. The molecule has 1 saturated heterocycles. The maximum atomic E-state index is 13.7. The first kappa shape index (κ1) is 25.5. The van der Waals surface area contributed by atoms with E-state index in [1.54, 1.807) is 19.1 Å². The number of carbonyl (C=O) groups is 2. The van der Waals surface area contributed by atoms with Crippen LogP contribution in [0.1, 0.15) is 51.0 Å². The third-order valence-corrected chi connectivity index (χ3v) is 5.68. The first-order valence-corrected chi connectivity index (χ1v) is 11.9. The van der Waals surface area contributed by atoms with Gasteiger partial charge in [-0.2, -0.15) is 4.80 Å². The highest BCUT2D eigenvalue weighted by Gasteiger charge is 2.36. The van der Waals surface area contributed by atoms with Crippen LogP contribution in [0.5, 0.6) is 0 Å². The van der Waals surface area contributed by atoms with Crippen molar-refractivity contribution in [1.82, 2.24) is 30.4 Å². The molecule has 0 aliphatic carbocycles. The number of nitrogens with one attached hydrogen (secondary N) is 1. The molecule has 3 heterocycles. The van der Waals surface area contributed by atoms with Gasteiger partial charge in [0.25, 0.3) is 0 Å². The van der Waals surface area contributed by atoms with Crippen molar-refractivity contribution in [2.45, 2.75) is 64.8 Å². The van der Waals surface area contributed by atoms with E-state index < -0.39 is 23.3 Å². The summed E-state index contributed by atoms with van der Waals surface area (Å²) in [5, 5.41) is 15.2. The van der Waals surface area contributed by atoms with Crippen LogP contribution in [0.4, 0.5) is 4.39 Å². The second kappa shape index (κ2) is 10.6. The lowest BCUT2D eigenvalue weighted by Gasteiger charge is -2.34. The van der Waals surface area contributed by atoms with Crippen LogP contribution in [0.2, 0.25) is 0 Å². The molecule has 4 rings (SSSR count). The largest absolute Gasteiger partial charge is 0.458 e. The number of rotatable bonds is 8. The van der Waals surface area contributed by atoms with Crippen molar-refractivity contribution in [2.24, 2.45) is 0 Å². The summed E-state index contributed by atoms with van der Waals surface area (Å²) in [7, 11) is 0. The van der Waals surface area contributed by atoms with E-state index in [1.165, 1.54) is 34.0 Å². The lowest BCUT2D eigenvalue weighted by molar-refractivity contribution is -0.144. The van der Waals surface area contributed by atoms with Crippen LogP contribution in [0.15, 0.2) is 40.8 Å². The van der Waals surface area contributed by atoms with Gasteiger partial charge in [0.1, 0.15) is 24.2 Å². The number of aromatic nitrogens is 4. The van der Waals surface area contributed by atoms with Gasteiger partial charge < -0.3 is 19.4 Å². The van der Waals surface area contributed by atoms with Crippen molar-refractivity contribution < 1.29 is 23.1 Å². The van der Waals surface area contributed by atoms with E-state index in [2.05, 4.69) is 20.7 Å². The number of hydrogen-bond donors (Lipinski definition) is 1. The molecule has 0 spiro atoms. The number of halogens is 1. The SMILES string of the molecule is Cc1ccc(-c2nnn(CC(=O)N(C[C@H]3CCCO3)[C@H](C(=O)NC(C)(C)C)c3ccc(F)cc3)n2)o1. The summed E-state index contributed by atoms with van der Waals surface area (Å²) in [5.74, 6) is 0.186. The second-order valence-corrected chi connectivity index (χ2v) is 9.93. The Kier molecular flexibility index (Phi) is 7.48. The predicted octanol–water partition coefficient (Wildman–Crippen LogP) is 3.04. The maximum absolute atomic E-state index is 13.7. The minimum absolute atomic E-state index is 0.192. The average molecular weight is 499 g/mol. The lowest BCUT2D eigenvalue weighted by Crippen LogP contribution is -2.51. The summed E-state index contributed by atoms with van der Waals surface area (Å²) >= 11 is 0. The summed E-state index contributed by atoms with van der Waals surface area (Å²) in [5.41, 5.74) is -0.0555. The molecule has 2 aromatic heterocycles. The molecule has 1 aliphatic heterocycles. The first-order chi connectivity index (χ1) is 17.1. The van der Waals surface area contributed by atoms with Crippen LogP contribution < -0.4 is 5.32 Å². The van der Waals surface area contributed by atoms with E-state index in [9.17, 15) is 14.0 Å². The van der Waals surface area contributed by atoms with Crippen molar-refractivity contribution in [2.75, 3.05) is 13.2 Å². The minimum atomic E-state index is -1.00. The van der Waals surface area contributed by atoms with E-state index in [0.717, 1.165) is 12.8 Å². The molecule has 2 amide bonds. The van der Waals surface area contributed by atoms with Crippen LogP contribution in [-0.2, 0) is 20.9 Å². The van der Waals surface area contributed by atoms with Gasteiger partial charge in [-0.1, -0.05) is 12.1 Å². The van der Waals surface area contributed by atoms with Crippen LogP contribution in [0.25, 0.3) is 11.6 Å². The smallest absolute Gasteiger partial charge is 0.247 e. The van der Waals surface area contributed by atoms with Gasteiger partial charge in [0.2, 0.25) is 17.6 Å². The van der Waals surface area contributed by atoms with Crippen LogP contribution >= 0.6 is 0 Å². The third-order valence-electron chi connectivity index (χ3n) is 5.68. The summed E-state index contributed by atoms with van der Waals surface area (Å²) in [6.07, 6.45) is 1.42. The molecule has 36 heavy (non-hydrogen) atoms. The number of tetrazole rings is 1. The van der Waals surface area contributed by atoms with Crippen LogP contribution in [0, 0.1) is 12.7 Å². The first-order valence-electron chi connectivity index (χ1n) is 11.9. The van der Waals surface area contributed by atoms with Gasteiger partial charge in [0, 0.05) is 18.7 Å². The fraction of sp³-hybridized carbons (Fsp3) is 0.480. The number of benzene rings is 1. The molecule has 1 fully saturated rings. The summed E-state index contributed by atoms with van der Waals surface area (Å²) in [6, 6.07) is 8.09. The van der Waals surface area contributed by atoms with Crippen LogP contribution in [-0.4, -0.2) is 61.7 Å². The van der Waals surface area contributed by atoms with Crippen molar-refractivity contribution in [3.8, 4) is 11.6 Å². The van der Waals surface area contributed by atoms with Gasteiger partial charge in [-0.05, 0) is 75.6 Å². The molecule has 192 valence electrons. The normalized spacial score (nSPS) is 16.6. The Balaban J connectivity index is 1.64. The molecule has 0 unspecified atom stereocenters. The molecule has 11 heteroatoms. The third kappa shape index (κ3) is 6.34. The average Bonchev–Trinajstić information content (AvgIpc) is 3.56. The molecule has 1 N–H and O–H groups in total. The molecule has 2 atom stereocenters. The Morgan fingerprint density at radius 1 is 1.22 bits per heavy atom. The zero-order valence-corrected chi connectivity index (χ0v) is 20.9. The predicted molar refractivity (Wildman–Crippen MR) is 128 cm³/mol. The maximum Gasteiger partial charge on any atom is 0.247 e. The summed E-state index contributed by atoms with van der Waals surface area (Å²) < 4.78 is 25.0. The number of nitrogens with zero attached hydrogens (tertiary/aromatic N) is 5. The number of aryl methyl sites for hydroxylation is 1. The zero-order valence-electron chi connectivity index (χ0n) is 20.9. The van der Waals surface area contributed by atoms with Gasteiger partial charge in [0.05, 0.1) is 6.10 Å². The second-order valence-electron chi connectivity index (χ2n) is 9.93. The number of ether oxygens (including phenoxy) is 1. The fourth-order valence-corrected chi connectivity index (χ4v) is 4.09. The van der Waals surface area contributed by atoms with Gasteiger partial charge in [0.15, 0.2) is 5.76 Å².